The van der Waals surface area contributed by atoms with E-state index in [1.165, 1.54) is 26.4 Å². The molecule has 0 unspecified atom stereocenters. The van der Waals surface area contributed by atoms with E-state index in [-0.39, 0.29) is 12.5 Å². The summed E-state index contributed by atoms with van der Waals surface area (Å²) >= 11 is 0. The standard InChI is InChI=1S/C18H20N2O7S/c1-24-14-7-5-13(9-16(14)25-2)20(28(3,22)23)10-18(21)19-12-4-6-15-17(8-12)27-11-26-15/h4-9H,10-11H2,1-3H3,(H,19,21). The van der Waals surface area contributed by atoms with Gasteiger partial charge in [-0.25, -0.2) is 8.42 Å². The number of hydrogen-bond donors (Lipinski definition) is 1. The van der Waals surface area contributed by atoms with Gasteiger partial charge in [-0.15, -0.1) is 0 Å². The summed E-state index contributed by atoms with van der Waals surface area (Å²) in [4.78, 5) is 12.5. The van der Waals surface area contributed by atoms with E-state index in [9.17, 15) is 13.2 Å². The molecule has 0 saturated heterocycles. The summed E-state index contributed by atoms with van der Waals surface area (Å²) in [5.41, 5.74) is 0.746. The number of carbonyl (C=O) groups is 1. The van der Waals surface area contributed by atoms with E-state index in [2.05, 4.69) is 5.32 Å². The quantitative estimate of drug-likeness (QED) is 0.745. The first kappa shape index (κ1) is 19.6. The molecule has 0 saturated carbocycles. The van der Waals surface area contributed by atoms with E-state index in [4.69, 9.17) is 18.9 Å². The molecule has 10 heteroatoms. The molecule has 0 aliphatic carbocycles. The number of carbonyl (C=O) groups excluding carboxylic acids is 1. The molecule has 0 bridgehead atoms. The van der Waals surface area contributed by atoms with Gasteiger partial charge in [-0.1, -0.05) is 0 Å². The number of amides is 1. The largest absolute Gasteiger partial charge is 0.493 e. The van der Waals surface area contributed by atoms with Crippen LogP contribution in [0.5, 0.6) is 23.0 Å². The first-order chi connectivity index (χ1) is 13.3. The van der Waals surface area contributed by atoms with E-state index in [0.29, 0.717) is 28.7 Å². The summed E-state index contributed by atoms with van der Waals surface area (Å²) in [5.74, 6) is 1.38. The summed E-state index contributed by atoms with van der Waals surface area (Å²) in [6.45, 7) is -0.295. The molecule has 1 amide bonds. The zero-order valence-electron chi connectivity index (χ0n) is 15.6. The Morgan fingerprint density at radius 2 is 1.79 bits per heavy atom. The van der Waals surface area contributed by atoms with E-state index in [0.717, 1.165) is 10.6 Å². The van der Waals surface area contributed by atoms with Gasteiger partial charge in [-0.05, 0) is 24.3 Å². The van der Waals surface area contributed by atoms with Crippen molar-refractivity contribution in [3.05, 3.63) is 36.4 Å². The minimum atomic E-state index is -3.73. The molecule has 0 spiro atoms. The molecule has 0 atom stereocenters. The van der Waals surface area contributed by atoms with Crippen molar-refractivity contribution in [2.75, 3.05) is 43.4 Å². The second-order valence-electron chi connectivity index (χ2n) is 5.93. The molecular formula is C18H20N2O7S. The summed E-state index contributed by atoms with van der Waals surface area (Å²) in [7, 11) is -0.808. The van der Waals surface area contributed by atoms with Crippen molar-refractivity contribution in [2.45, 2.75) is 0 Å². The molecule has 1 heterocycles. The van der Waals surface area contributed by atoms with Crippen molar-refractivity contribution in [3.63, 3.8) is 0 Å². The highest BCUT2D eigenvalue weighted by Crippen LogP contribution is 2.34. The number of methoxy groups -OCH3 is 2. The Hall–Kier alpha value is -3.14. The topological polar surface area (TPSA) is 103 Å². The molecular weight excluding hydrogens is 388 g/mol. The van der Waals surface area contributed by atoms with Gasteiger partial charge in [0.1, 0.15) is 6.54 Å². The van der Waals surface area contributed by atoms with Crippen LogP contribution in [0.4, 0.5) is 11.4 Å². The predicted octanol–water partition coefficient (Wildman–Crippen LogP) is 1.84. The zero-order chi connectivity index (χ0) is 20.3. The van der Waals surface area contributed by atoms with Crippen LogP contribution in [-0.4, -0.2) is 48.1 Å². The number of anilines is 2. The third kappa shape index (κ3) is 4.22. The Kier molecular flexibility index (Phi) is 5.50. The average Bonchev–Trinajstić information content (AvgIpc) is 3.12. The third-order valence-electron chi connectivity index (χ3n) is 4.00. The molecule has 1 aliphatic rings. The van der Waals surface area contributed by atoms with Crippen LogP contribution < -0.4 is 28.6 Å². The Morgan fingerprint density at radius 1 is 1.07 bits per heavy atom. The Bertz CT molecular complexity index is 991. The fourth-order valence-corrected chi connectivity index (χ4v) is 3.53. The molecule has 1 aliphatic heterocycles. The molecule has 2 aromatic rings. The van der Waals surface area contributed by atoms with Crippen LogP contribution in [0.1, 0.15) is 0 Å². The molecule has 3 rings (SSSR count). The number of nitrogens with zero attached hydrogens (tertiary/aromatic N) is 1. The Labute approximate surface area is 162 Å². The maximum absolute atomic E-state index is 12.5. The second kappa shape index (κ2) is 7.85. The lowest BCUT2D eigenvalue weighted by Gasteiger charge is -2.23. The fraction of sp³-hybridized carbons (Fsp3) is 0.278. The Balaban J connectivity index is 1.80. The fourth-order valence-electron chi connectivity index (χ4n) is 2.69. The van der Waals surface area contributed by atoms with E-state index < -0.39 is 22.5 Å². The van der Waals surface area contributed by atoms with Gasteiger partial charge in [0, 0.05) is 17.8 Å². The van der Waals surface area contributed by atoms with Crippen LogP contribution >= 0.6 is 0 Å². The smallest absolute Gasteiger partial charge is 0.245 e. The maximum Gasteiger partial charge on any atom is 0.245 e. The van der Waals surface area contributed by atoms with Gasteiger partial charge < -0.3 is 24.3 Å². The average molecular weight is 408 g/mol. The van der Waals surface area contributed by atoms with Crippen molar-refractivity contribution < 1.29 is 32.2 Å². The van der Waals surface area contributed by atoms with Crippen LogP contribution in [0, 0.1) is 0 Å². The first-order valence-electron chi connectivity index (χ1n) is 8.21. The lowest BCUT2D eigenvalue weighted by molar-refractivity contribution is -0.114. The van der Waals surface area contributed by atoms with Gasteiger partial charge in [0.2, 0.25) is 22.7 Å². The normalized spacial score (nSPS) is 12.4. The third-order valence-corrected chi connectivity index (χ3v) is 5.14. The van der Waals surface area contributed by atoms with Crippen LogP contribution in [-0.2, 0) is 14.8 Å². The lowest BCUT2D eigenvalue weighted by Crippen LogP contribution is -2.37. The highest BCUT2D eigenvalue weighted by molar-refractivity contribution is 7.92. The summed E-state index contributed by atoms with van der Waals surface area (Å²) in [6, 6.07) is 9.53. The predicted molar refractivity (Wildman–Crippen MR) is 103 cm³/mol. The van der Waals surface area contributed by atoms with Gasteiger partial charge >= 0.3 is 0 Å². The number of rotatable bonds is 7. The Morgan fingerprint density at radius 3 is 2.46 bits per heavy atom. The zero-order valence-corrected chi connectivity index (χ0v) is 16.4. The van der Waals surface area contributed by atoms with Crippen LogP contribution in [0.3, 0.4) is 0 Å². The SMILES string of the molecule is COc1ccc(N(CC(=O)Nc2ccc3c(c2)OCO3)S(C)(=O)=O)cc1OC. The number of ether oxygens (including phenoxy) is 4. The number of sulfonamides is 1. The lowest BCUT2D eigenvalue weighted by atomic mass is 10.2. The second-order valence-corrected chi connectivity index (χ2v) is 7.83. The number of hydrogen-bond acceptors (Lipinski definition) is 7. The highest BCUT2D eigenvalue weighted by Gasteiger charge is 2.23. The van der Waals surface area contributed by atoms with Crippen molar-refractivity contribution in [1.29, 1.82) is 0 Å². The molecule has 0 aromatic heterocycles. The van der Waals surface area contributed by atoms with Gasteiger partial charge in [0.05, 0.1) is 26.2 Å². The van der Waals surface area contributed by atoms with Crippen molar-refractivity contribution in [3.8, 4) is 23.0 Å². The highest BCUT2D eigenvalue weighted by atomic mass is 32.2. The summed E-state index contributed by atoms with van der Waals surface area (Å²) in [5, 5.41) is 2.66. The van der Waals surface area contributed by atoms with Gasteiger partial charge in [0.15, 0.2) is 23.0 Å². The van der Waals surface area contributed by atoms with Crippen molar-refractivity contribution >= 4 is 27.3 Å². The van der Waals surface area contributed by atoms with Gasteiger partial charge in [-0.3, -0.25) is 9.10 Å². The van der Waals surface area contributed by atoms with E-state index in [1.54, 1.807) is 24.3 Å². The van der Waals surface area contributed by atoms with Crippen LogP contribution in [0.2, 0.25) is 0 Å². The van der Waals surface area contributed by atoms with Crippen molar-refractivity contribution in [2.24, 2.45) is 0 Å². The summed E-state index contributed by atoms with van der Waals surface area (Å²) < 4.78 is 46.4. The molecule has 1 N–H and O–H groups in total. The molecule has 9 nitrogen and oxygen atoms in total. The van der Waals surface area contributed by atoms with Gasteiger partial charge in [-0.2, -0.15) is 0 Å². The van der Waals surface area contributed by atoms with E-state index in [1.807, 2.05) is 0 Å². The van der Waals surface area contributed by atoms with E-state index >= 15 is 0 Å². The molecule has 28 heavy (non-hydrogen) atoms. The number of nitrogens with one attached hydrogen (secondary N) is 1. The minimum Gasteiger partial charge on any atom is -0.493 e. The molecule has 2 aromatic carbocycles. The van der Waals surface area contributed by atoms with Crippen LogP contribution in [0.15, 0.2) is 36.4 Å². The molecule has 0 radical (unpaired) electrons. The minimum absolute atomic E-state index is 0.119. The maximum atomic E-state index is 12.5. The first-order valence-corrected chi connectivity index (χ1v) is 10.1. The molecule has 0 fully saturated rings. The van der Waals surface area contributed by atoms with Crippen molar-refractivity contribution in [1.82, 2.24) is 0 Å². The van der Waals surface area contributed by atoms with Gasteiger partial charge in [0.25, 0.3) is 0 Å². The van der Waals surface area contributed by atoms with Crippen LogP contribution in [0.25, 0.3) is 0 Å². The molecule has 150 valence electrons. The number of fused-ring (bicyclic) bond motifs is 1. The number of benzene rings is 2. The monoisotopic (exact) mass is 408 g/mol. The summed E-state index contributed by atoms with van der Waals surface area (Å²) in [6.07, 6.45) is 1.03.